The molecule has 0 aliphatic heterocycles. The number of amides is 2. The zero-order chi connectivity index (χ0) is 12.7. The first-order valence-corrected chi connectivity index (χ1v) is 4.36. The van der Waals surface area contributed by atoms with E-state index in [4.69, 9.17) is 23.0 Å². The molecule has 0 saturated carbocycles. The summed E-state index contributed by atoms with van der Waals surface area (Å²) in [6.45, 7) is -0.743. The van der Waals surface area contributed by atoms with Crippen molar-refractivity contribution >= 4 is 17.8 Å². The smallest absolute Gasteiger partial charge is 0.323 e. The Bertz CT molecular complexity index is 334. The van der Waals surface area contributed by atoms with Crippen molar-refractivity contribution in [1.82, 2.24) is 4.90 Å². The minimum atomic E-state index is -1.21. The van der Waals surface area contributed by atoms with E-state index in [1.165, 1.54) is 0 Å². The molecular formula is C9H13N3O4. The molecule has 0 fully saturated rings. The quantitative estimate of drug-likeness (QED) is 0.441. The van der Waals surface area contributed by atoms with Gasteiger partial charge in [0.2, 0.25) is 11.8 Å². The zero-order valence-corrected chi connectivity index (χ0v) is 8.55. The van der Waals surface area contributed by atoms with Crippen molar-refractivity contribution in [1.29, 1.82) is 0 Å². The molecule has 0 aliphatic rings. The number of terminal acetylenes is 1. The number of nitrogens with zero attached hydrogens (tertiary/aromatic N) is 1. The van der Waals surface area contributed by atoms with E-state index in [0.717, 1.165) is 4.90 Å². The maximum Gasteiger partial charge on any atom is 0.323 e. The Morgan fingerprint density at radius 2 is 2.00 bits per heavy atom. The number of hydrogen-bond acceptors (Lipinski definition) is 4. The lowest BCUT2D eigenvalue weighted by molar-refractivity contribution is -0.144. The van der Waals surface area contributed by atoms with E-state index < -0.39 is 30.4 Å². The van der Waals surface area contributed by atoms with Crippen LogP contribution in [0.3, 0.4) is 0 Å². The molecule has 0 saturated heterocycles. The van der Waals surface area contributed by atoms with Crippen LogP contribution in [0, 0.1) is 12.3 Å². The number of aliphatic carboxylic acids is 1. The van der Waals surface area contributed by atoms with Crippen LogP contribution < -0.4 is 11.5 Å². The Kier molecular flexibility index (Phi) is 5.59. The Morgan fingerprint density at radius 1 is 1.44 bits per heavy atom. The van der Waals surface area contributed by atoms with Gasteiger partial charge in [-0.05, 0) is 0 Å². The molecule has 0 heterocycles. The van der Waals surface area contributed by atoms with Gasteiger partial charge in [-0.25, -0.2) is 0 Å². The molecule has 16 heavy (non-hydrogen) atoms. The Balaban J connectivity index is 4.54. The average Bonchev–Trinajstić information content (AvgIpc) is 2.14. The highest BCUT2D eigenvalue weighted by Gasteiger charge is 2.23. The fraction of sp³-hybridized carbons (Fsp3) is 0.444. The van der Waals surface area contributed by atoms with E-state index in [-0.39, 0.29) is 13.0 Å². The van der Waals surface area contributed by atoms with Crippen molar-refractivity contribution in [3.05, 3.63) is 0 Å². The van der Waals surface area contributed by atoms with Crippen molar-refractivity contribution in [2.45, 2.75) is 12.5 Å². The van der Waals surface area contributed by atoms with Gasteiger partial charge in [0.1, 0.15) is 6.54 Å². The third-order valence-electron chi connectivity index (χ3n) is 1.66. The number of carboxylic acid groups (broad SMARTS) is 1. The van der Waals surface area contributed by atoms with Crippen LogP contribution in [0.2, 0.25) is 0 Å². The number of nitrogens with two attached hydrogens (primary N) is 2. The highest BCUT2D eigenvalue weighted by Crippen LogP contribution is 1.97. The number of carboxylic acids is 1. The lowest BCUT2D eigenvalue weighted by Crippen LogP contribution is -2.47. The van der Waals surface area contributed by atoms with Gasteiger partial charge in [-0.3, -0.25) is 14.4 Å². The van der Waals surface area contributed by atoms with Crippen LogP contribution in [0.5, 0.6) is 0 Å². The molecule has 7 heteroatoms. The molecule has 0 bridgehead atoms. The predicted molar refractivity (Wildman–Crippen MR) is 54.8 cm³/mol. The second-order valence-electron chi connectivity index (χ2n) is 3.07. The Labute approximate surface area is 92.4 Å². The topological polar surface area (TPSA) is 127 Å². The van der Waals surface area contributed by atoms with Crippen LogP contribution in [0.25, 0.3) is 0 Å². The van der Waals surface area contributed by atoms with E-state index >= 15 is 0 Å². The fourth-order valence-electron chi connectivity index (χ4n) is 1.02. The first-order valence-electron chi connectivity index (χ1n) is 4.36. The van der Waals surface area contributed by atoms with Gasteiger partial charge in [0.25, 0.3) is 0 Å². The van der Waals surface area contributed by atoms with Crippen LogP contribution in [-0.2, 0) is 14.4 Å². The van der Waals surface area contributed by atoms with Crippen molar-refractivity contribution in [2.75, 3.05) is 13.1 Å². The van der Waals surface area contributed by atoms with Crippen molar-refractivity contribution < 1.29 is 19.5 Å². The highest BCUT2D eigenvalue weighted by molar-refractivity contribution is 5.89. The summed E-state index contributed by atoms with van der Waals surface area (Å²) in [5.41, 5.74) is 10.2. The summed E-state index contributed by atoms with van der Waals surface area (Å²) in [7, 11) is 0. The molecule has 0 spiro atoms. The molecule has 0 radical (unpaired) electrons. The Morgan fingerprint density at radius 3 is 2.38 bits per heavy atom. The lowest BCUT2D eigenvalue weighted by atomic mass is 10.2. The molecule has 1 atom stereocenters. The summed E-state index contributed by atoms with van der Waals surface area (Å²) < 4.78 is 0. The second kappa shape index (κ2) is 6.42. The van der Waals surface area contributed by atoms with E-state index in [1.807, 2.05) is 0 Å². The first kappa shape index (κ1) is 13.9. The number of carbonyl (C=O) groups is 3. The molecule has 0 aromatic rings. The van der Waals surface area contributed by atoms with Gasteiger partial charge in [-0.2, -0.15) is 0 Å². The summed E-state index contributed by atoms with van der Waals surface area (Å²) in [5.74, 6) is -0.529. The van der Waals surface area contributed by atoms with Gasteiger partial charge in [-0.15, -0.1) is 6.42 Å². The van der Waals surface area contributed by atoms with Crippen LogP contribution in [0.15, 0.2) is 0 Å². The summed E-state index contributed by atoms with van der Waals surface area (Å²) in [6.07, 6.45) is 4.63. The molecule has 88 valence electrons. The summed E-state index contributed by atoms with van der Waals surface area (Å²) in [4.78, 5) is 33.4. The zero-order valence-electron chi connectivity index (χ0n) is 8.55. The minimum Gasteiger partial charge on any atom is -0.480 e. The van der Waals surface area contributed by atoms with E-state index in [1.54, 1.807) is 0 Å². The first-order chi connectivity index (χ1) is 7.38. The number of hydrogen-bond donors (Lipinski definition) is 3. The van der Waals surface area contributed by atoms with E-state index in [0.29, 0.717) is 0 Å². The number of primary amides is 1. The van der Waals surface area contributed by atoms with E-state index in [9.17, 15) is 14.4 Å². The predicted octanol–water partition coefficient (Wildman–Crippen LogP) is -2.26. The molecular weight excluding hydrogens is 214 g/mol. The third kappa shape index (κ3) is 4.97. The summed E-state index contributed by atoms with van der Waals surface area (Å²) in [6, 6.07) is -1.16. The van der Waals surface area contributed by atoms with E-state index in [2.05, 4.69) is 5.92 Å². The molecule has 0 aromatic carbocycles. The van der Waals surface area contributed by atoms with Gasteiger partial charge in [-0.1, -0.05) is 5.92 Å². The number of rotatable bonds is 6. The van der Waals surface area contributed by atoms with Gasteiger partial charge in [0.05, 0.1) is 19.0 Å². The van der Waals surface area contributed by atoms with Crippen LogP contribution >= 0.6 is 0 Å². The average molecular weight is 227 g/mol. The highest BCUT2D eigenvalue weighted by atomic mass is 16.4. The number of carbonyl (C=O) groups excluding carboxylic acids is 2. The molecule has 0 aliphatic carbocycles. The normalized spacial score (nSPS) is 11.2. The maximum atomic E-state index is 11.5. The van der Waals surface area contributed by atoms with Crippen LogP contribution in [0.1, 0.15) is 6.42 Å². The standard InChI is InChI=1S/C9H13N3O4/c1-2-3-12(5-8(14)15)9(16)6(10)4-7(11)13/h1,6H,3-5,10H2,(H2,11,13)(H,14,15). The lowest BCUT2D eigenvalue weighted by Gasteiger charge is -2.21. The summed E-state index contributed by atoms with van der Waals surface area (Å²) >= 11 is 0. The SMILES string of the molecule is C#CCN(CC(=O)O)C(=O)C(N)CC(N)=O. The molecule has 1 unspecified atom stereocenters. The molecule has 5 N–H and O–H groups in total. The second-order valence-corrected chi connectivity index (χ2v) is 3.07. The van der Waals surface area contributed by atoms with Crippen LogP contribution in [-0.4, -0.2) is 46.9 Å². The minimum absolute atomic E-state index is 0.183. The van der Waals surface area contributed by atoms with Crippen molar-refractivity contribution in [3.8, 4) is 12.3 Å². The van der Waals surface area contributed by atoms with Crippen LogP contribution in [0.4, 0.5) is 0 Å². The summed E-state index contributed by atoms with van der Waals surface area (Å²) in [5, 5.41) is 8.53. The van der Waals surface area contributed by atoms with Crippen molar-refractivity contribution in [2.24, 2.45) is 11.5 Å². The maximum absolute atomic E-state index is 11.5. The van der Waals surface area contributed by atoms with Gasteiger partial charge in [0.15, 0.2) is 0 Å². The van der Waals surface area contributed by atoms with Gasteiger partial charge < -0.3 is 21.5 Å². The molecule has 7 nitrogen and oxygen atoms in total. The van der Waals surface area contributed by atoms with Gasteiger partial charge >= 0.3 is 5.97 Å². The monoisotopic (exact) mass is 227 g/mol. The Hall–Kier alpha value is -2.07. The molecule has 2 amide bonds. The fourth-order valence-corrected chi connectivity index (χ4v) is 1.02. The van der Waals surface area contributed by atoms with Gasteiger partial charge in [0, 0.05) is 0 Å². The van der Waals surface area contributed by atoms with Crippen molar-refractivity contribution in [3.63, 3.8) is 0 Å². The third-order valence-corrected chi connectivity index (χ3v) is 1.66. The molecule has 0 rings (SSSR count). The molecule has 0 aromatic heterocycles. The largest absolute Gasteiger partial charge is 0.480 e.